The van der Waals surface area contributed by atoms with Gasteiger partial charge in [-0.3, -0.25) is 33.6 Å². The number of esters is 7. The second kappa shape index (κ2) is 23.2. The Hall–Kier alpha value is -6.69. The molecule has 1 aliphatic carbocycles. The molecule has 0 saturated carbocycles. The van der Waals surface area contributed by atoms with E-state index in [0.29, 0.717) is 0 Å². The van der Waals surface area contributed by atoms with Crippen molar-refractivity contribution in [3.05, 3.63) is 59.7 Å². The van der Waals surface area contributed by atoms with Crippen molar-refractivity contribution in [1.82, 2.24) is 5.32 Å². The van der Waals surface area contributed by atoms with Crippen molar-refractivity contribution in [3.63, 3.8) is 0 Å². The number of amides is 1. The number of alkyl carbamates (subject to hydrolysis) is 1. The molecule has 0 spiro atoms. The van der Waals surface area contributed by atoms with Crippen molar-refractivity contribution in [2.45, 2.75) is 122 Å². The van der Waals surface area contributed by atoms with E-state index in [-0.39, 0.29) is 12.5 Å². The smallest absolute Gasteiger partial charge is 0.407 e. The Labute approximate surface area is 382 Å². The van der Waals surface area contributed by atoms with Gasteiger partial charge in [-0.05, 0) is 22.3 Å². The zero-order valence-corrected chi connectivity index (χ0v) is 37.4. The van der Waals surface area contributed by atoms with Gasteiger partial charge in [0, 0.05) is 54.4 Å². The van der Waals surface area contributed by atoms with Crippen LogP contribution in [-0.2, 0) is 95.2 Å². The maximum Gasteiger partial charge on any atom is 0.407 e. The topological polar surface area (TPSA) is 297 Å². The third-order valence-corrected chi connectivity index (χ3v) is 10.2. The van der Waals surface area contributed by atoms with Crippen molar-refractivity contribution in [2.24, 2.45) is 0 Å². The Morgan fingerprint density at radius 2 is 0.940 bits per heavy atom. The summed E-state index contributed by atoms with van der Waals surface area (Å²) in [4.78, 5) is 112. The number of nitrogens with one attached hydrogen (secondary N) is 1. The summed E-state index contributed by atoms with van der Waals surface area (Å²) in [6.07, 6.45) is -18.6. The van der Waals surface area contributed by atoms with Gasteiger partial charge in [0.25, 0.3) is 0 Å². The van der Waals surface area contributed by atoms with Gasteiger partial charge < -0.3 is 67.3 Å². The molecule has 0 bridgehead atoms. The zero-order valence-electron chi connectivity index (χ0n) is 37.4. The number of hydrogen-bond acceptors (Lipinski definition) is 21. The first-order chi connectivity index (χ1) is 31.7. The second-order valence-electron chi connectivity index (χ2n) is 15.4. The summed E-state index contributed by atoms with van der Waals surface area (Å²) in [6.45, 7) is 4.63. The fourth-order valence-electron chi connectivity index (χ4n) is 7.75. The number of aliphatic carboxylic acids is 1. The summed E-state index contributed by atoms with van der Waals surface area (Å²) in [5.74, 6) is -8.47. The summed E-state index contributed by atoms with van der Waals surface area (Å²) in [5.41, 5.74) is 3.73. The highest BCUT2D eigenvalue weighted by Gasteiger charge is 2.58. The maximum atomic E-state index is 13.2. The highest BCUT2D eigenvalue weighted by Crippen LogP contribution is 2.44. The van der Waals surface area contributed by atoms with E-state index in [4.69, 9.17) is 56.8 Å². The standard InChI is InChI=1S/C44H51NO22/c1-20(46)56-18-33-35(60-22(3)48)37(61-23(4)49)40(64-26(7)52)43(66-33)67-36-34(19-57-21(2)47)65-42(39(63-25(6)51)38(36)62-24(5)50)58-17-32(41(53)54)45-44(55)59-16-31-29-14-10-8-12-27(29)28-13-9-11-15-30(28)31/h8-15,31-40,42-43H,16-19H2,1-7H3,(H,45,55)(H,53,54)/t32-,33+,34+,35+,36+,37-,38-,39+,40+,42-,43+/m0/s1. The average molecular weight is 946 g/mol. The van der Waals surface area contributed by atoms with E-state index in [9.17, 15) is 48.3 Å². The molecule has 0 aromatic heterocycles. The fourth-order valence-corrected chi connectivity index (χ4v) is 7.75. The van der Waals surface area contributed by atoms with Crippen LogP contribution >= 0.6 is 0 Å². The monoisotopic (exact) mass is 945 g/mol. The lowest BCUT2D eigenvalue weighted by molar-refractivity contribution is -0.361. The zero-order chi connectivity index (χ0) is 49.1. The van der Waals surface area contributed by atoms with Crippen molar-refractivity contribution < 1.29 is 105 Å². The largest absolute Gasteiger partial charge is 0.480 e. The molecule has 67 heavy (non-hydrogen) atoms. The van der Waals surface area contributed by atoms with E-state index in [0.717, 1.165) is 70.7 Å². The number of carbonyl (C=O) groups excluding carboxylic acids is 8. The molecule has 2 fully saturated rings. The van der Waals surface area contributed by atoms with Crippen molar-refractivity contribution in [2.75, 3.05) is 26.4 Å². The van der Waals surface area contributed by atoms with Crippen LogP contribution in [0.25, 0.3) is 11.1 Å². The van der Waals surface area contributed by atoms with Crippen molar-refractivity contribution in [3.8, 4) is 11.1 Å². The van der Waals surface area contributed by atoms with E-state index in [1.54, 1.807) is 0 Å². The molecule has 2 heterocycles. The first-order valence-corrected chi connectivity index (χ1v) is 20.8. The Bertz CT molecular complexity index is 2130. The lowest BCUT2D eigenvalue weighted by Crippen LogP contribution is -2.67. The molecular formula is C44H51NO22. The summed E-state index contributed by atoms with van der Waals surface area (Å²) < 4.78 is 67.7. The molecule has 2 aliphatic heterocycles. The molecule has 11 atom stereocenters. The molecule has 2 N–H and O–H groups in total. The predicted octanol–water partition coefficient (Wildman–Crippen LogP) is 1.61. The minimum absolute atomic E-state index is 0.157. The van der Waals surface area contributed by atoms with Crippen LogP contribution < -0.4 is 5.32 Å². The van der Waals surface area contributed by atoms with E-state index in [1.165, 1.54) is 0 Å². The maximum absolute atomic E-state index is 13.2. The number of ether oxygens (including phenoxy) is 12. The molecule has 0 unspecified atom stereocenters. The number of fused-ring (bicyclic) bond motifs is 3. The molecule has 1 amide bonds. The lowest BCUT2D eigenvalue weighted by Gasteiger charge is -2.48. The highest BCUT2D eigenvalue weighted by atomic mass is 16.8. The first-order valence-electron chi connectivity index (χ1n) is 20.8. The van der Waals surface area contributed by atoms with E-state index in [2.05, 4.69) is 5.32 Å². The molecule has 364 valence electrons. The van der Waals surface area contributed by atoms with Crippen LogP contribution in [0.2, 0.25) is 0 Å². The van der Waals surface area contributed by atoms with Crippen molar-refractivity contribution in [1.29, 1.82) is 0 Å². The van der Waals surface area contributed by atoms with E-state index < -0.39 is 141 Å². The van der Waals surface area contributed by atoms with Crippen LogP contribution in [0.1, 0.15) is 65.5 Å². The van der Waals surface area contributed by atoms with E-state index in [1.807, 2.05) is 48.5 Å². The second-order valence-corrected chi connectivity index (χ2v) is 15.4. The molecule has 2 aromatic carbocycles. The summed E-state index contributed by atoms with van der Waals surface area (Å²) >= 11 is 0. The van der Waals surface area contributed by atoms with Crippen LogP contribution in [0.5, 0.6) is 0 Å². The number of carboxylic acids is 1. The van der Waals surface area contributed by atoms with Crippen molar-refractivity contribution >= 4 is 53.8 Å². The van der Waals surface area contributed by atoms with Gasteiger partial charge in [-0.25, -0.2) is 9.59 Å². The van der Waals surface area contributed by atoms with Crippen LogP contribution in [0.15, 0.2) is 48.5 Å². The number of hydrogen-bond donors (Lipinski definition) is 2. The summed E-state index contributed by atoms with van der Waals surface area (Å²) in [6, 6.07) is 13.3. The summed E-state index contributed by atoms with van der Waals surface area (Å²) in [5, 5.41) is 12.4. The lowest BCUT2D eigenvalue weighted by atomic mass is 9.96. The molecule has 5 rings (SSSR count). The molecule has 0 radical (unpaired) electrons. The van der Waals surface area contributed by atoms with Gasteiger partial charge in [-0.15, -0.1) is 0 Å². The Balaban J connectivity index is 1.43. The normalized spacial score (nSPS) is 25.7. The van der Waals surface area contributed by atoms with Gasteiger partial charge in [0.2, 0.25) is 0 Å². The van der Waals surface area contributed by atoms with Crippen LogP contribution in [-0.4, -0.2) is 153 Å². The minimum Gasteiger partial charge on any atom is -0.480 e. The number of carbonyl (C=O) groups is 9. The van der Waals surface area contributed by atoms with Crippen LogP contribution in [0, 0.1) is 0 Å². The molecule has 23 nitrogen and oxygen atoms in total. The van der Waals surface area contributed by atoms with Gasteiger partial charge >= 0.3 is 53.8 Å². The van der Waals surface area contributed by atoms with E-state index >= 15 is 0 Å². The molecule has 3 aliphatic rings. The SMILES string of the molecule is CC(=O)OC[C@H]1O[C@H](O[C@H]2[C@H](OC(C)=O)[C@@H](OC(C)=O)[C@@H](OC[C@H](NC(=O)OCC3c4ccccc4-c4ccccc43)C(=O)O)O[C@@H]2COC(C)=O)[C@H](OC(C)=O)[C@@H](OC(C)=O)[C@@H]1OC(C)=O. The number of rotatable bonds is 18. The molecule has 23 heteroatoms. The quantitative estimate of drug-likeness (QED) is 0.158. The van der Waals surface area contributed by atoms with Gasteiger partial charge in [-0.2, -0.15) is 0 Å². The first kappa shape index (κ1) is 51.3. The van der Waals surface area contributed by atoms with Crippen LogP contribution in [0.3, 0.4) is 0 Å². The number of benzene rings is 2. The third kappa shape index (κ3) is 13.7. The molecular weight excluding hydrogens is 894 g/mol. The molecule has 2 saturated heterocycles. The average Bonchev–Trinajstić information content (AvgIpc) is 3.56. The van der Waals surface area contributed by atoms with Gasteiger partial charge in [0.05, 0.1) is 6.61 Å². The Morgan fingerprint density at radius 3 is 1.42 bits per heavy atom. The Morgan fingerprint density at radius 1 is 0.522 bits per heavy atom. The molecule has 2 aromatic rings. The minimum atomic E-state index is -1.93. The predicted molar refractivity (Wildman–Crippen MR) is 219 cm³/mol. The van der Waals surface area contributed by atoms with Gasteiger partial charge in [0.15, 0.2) is 49.1 Å². The fraction of sp³-hybridized carbons (Fsp3) is 0.523. The van der Waals surface area contributed by atoms with Crippen LogP contribution in [0.4, 0.5) is 4.79 Å². The third-order valence-electron chi connectivity index (χ3n) is 10.2. The van der Waals surface area contributed by atoms with Gasteiger partial charge in [-0.1, -0.05) is 48.5 Å². The number of carboxylic acid groups (broad SMARTS) is 1. The highest BCUT2D eigenvalue weighted by molar-refractivity contribution is 5.81. The Kier molecular flexibility index (Phi) is 17.7. The van der Waals surface area contributed by atoms with Gasteiger partial charge in [0.1, 0.15) is 38.1 Å². The summed E-state index contributed by atoms with van der Waals surface area (Å²) in [7, 11) is 0.